The second-order valence-corrected chi connectivity index (χ2v) is 6.12. The molecule has 5 heteroatoms. The molecule has 0 aromatic heterocycles. The van der Waals surface area contributed by atoms with Gasteiger partial charge < -0.3 is 10.1 Å². The van der Waals surface area contributed by atoms with Crippen LogP contribution in [0.25, 0.3) is 0 Å². The Morgan fingerprint density at radius 3 is 2.80 bits per heavy atom. The van der Waals surface area contributed by atoms with E-state index in [0.717, 1.165) is 25.0 Å². The van der Waals surface area contributed by atoms with E-state index in [9.17, 15) is 9.59 Å². The fourth-order valence-electron chi connectivity index (χ4n) is 2.06. The Kier molecular flexibility index (Phi) is 8.42. The number of rotatable bonds is 2. The summed E-state index contributed by atoms with van der Waals surface area (Å²) in [5.74, 6) is 1.02. The number of amides is 1. The van der Waals surface area contributed by atoms with Crippen LogP contribution in [0, 0.1) is 0 Å². The van der Waals surface area contributed by atoms with E-state index >= 15 is 0 Å². The van der Waals surface area contributed by atoms with Crippen molar-refractivity contribution in [2.45, 2.75) is 51.5 Å². The van der Waals surface area contributed by atoms with Crippen LogP contribution >= 0.6 is 11.8 Å². The molecule has 0 radical (unpaired) electrons. The molecule has 1 atom stereocenters. The number of carbonyl (C=O) groups is 2. The third kappa shape index (κ3) is 6.46. The normalized spacial score (nSPS) is 22.9. The van der Waals surface area contributed by atoms with Gasteiger partial charge in [-0.2, -0.15) is 11.8 Å². The van der Waals surface area contributed by atoms with Crippen LogP contribution in [0.5, 0.6) is 0 Å². The molecule has 0 aliphatic carbocycles. The largest absolute Gasteiger partial charge is 0.464 e. The van der Waals surface area contributed by atoms with E-state index < -0.39 is 6.04 Å². The minimum absolute atomic E-state index is 0.220. The Morgan fingerprint density at radius 2 is 2.05 bits per heavy atom. The lowest BCUT2D eigenvalue weighted by molar-refractivity contribution is -0.146. The summed E-state index contributed by atoms with van der Waals surface area (Å²) in [6.07, 6.45) is 6.41. The van der Waals surface area contributed by atoms with Gasteiger partial charge in [-0.15, -0.1) is 0 Å². The molecular formula is C15H25NO3S. The standard InChI is InChI=1S/C15H25NO3S/c1-3-19-15(18)13-11-20-10-8-6-4-5-7-9-12(2)14(17)16-13/h13H,2-11H2,1H3,(H,16,17)/t13-/m0/s1. The Hall–Kier alpha value is -0.970. The molecule has 1 fully saturated rings. The summed E-state index contributed by atoms with van der Waals surface area (Å²) in [5.41, 5.74) is 0.559. The van der Waals surface area contributed by atoms with Gasteiger partial charge in [-0.3, -0.25) is 4.79 Å². The molecule has 1 heterocycles. The van der Waals surface area contributed by atoms with Crippen molar-refractivity contribution in [2.24, 2.45) is 0 Å². The van der Waals surface area contributed by atoms with Crippen LogP contribution in [0.15, 0.2) is 12.2 Å². The first-order valence-electron chi connectivity index (χ1n) is 7.38. The van der Waals surface area contributed by atoms with Crippen molar-refractivity contribution in [3.05, 3.63) is 12.2 Å². The highest BCUT2D eigenvalue weighted by Gasteiger charge is 2.23. The Balaban J connectivity index is 2.62. The van der Waals surface area contributed by atoms with Crippen LogP contribution in [0.1, 0.15) is 45.4 Å². The molecule has 1 rings (SSSR count). The molecule has 1 aliphatic heterocycles. The quantitative estimate of drug-likeness (QED) is 0.629. The lowest BCUT2D eigenvalue weighted by atomic mass is 10.1. The number of esters is 1. The van der Waals surface area contributed by atoms with Crippen LogP contribution in [0.4, 0.5) is 0 Å². The monoisotopic (exact) mass is 299 g/mol. The van der Waals surface area contributed by atoms with E-state index in [0.29, 0.717) is 24.4 Å². The molecule has 114 valence electrons. The predicted octanol–water partition coefficient (Wildman–Crippen LogP) is 2.68. The van der Waals surface area contributed by atoms with E-state index in [1.807, 2.05) is 0 Å². The molecule has 0 aromatic rings. The zero-order chi connectivity index (χ0) is 14.8. The van der Waals surface area contributed by atoms with Crippen molar-refractivity contribution in [3.63, 3.8) is 0 Å². The number of carbonyl (C=O) groups excluding carboxylic acids is 2. The van der Waals surface area contributed by atoms with Gasteiger partial charge in [0.15, 0.2) is 0 Å². The summed E-state index contributed by atoms with van der Waals surface area (Å²) in [6.45, 7) is 5.91. The maximum Gasteiger partial charge on any atom is 0.329 e. The van der Waals surface area contributed by atoms with Gasteiger partial charge in [-0.25, -0.2) is 4.79 Å². The Bertz CT molecular complexity index is 344. The molecule has 20 heavy (non-hydrogen) atoms. The molecule has 1 amide bonds. The van der Waals surface area contributed by atoms with Crippen LogP contribution in [-0.2, 0) is 14.3 Å². The Morgan fingerprint density at radius 1 is 1.35 bits per heavy atom. The van der Waals surface area contributed by atoms with Gasteiger partial charge in [0, 0.05) is 11.3 Å². The van der Waals surface area contributed by atoms with Crippen molar-refractivity contribution in [1.82, 2.24) is 5.32 Å². The van der Waals surface area contributed by atoms with Gasteiger partial charge in [-0.1, -0.05) is 25.8 Å². The lowest BCUT2D eigenvalue weighted by Crippen LogP contribution is -2.44. The van der Waals surface area contributed by atoms with Gasteiger partial charge >= 0.3 is 5.97 Å². The fourth-order valence-corrected chi connectivity index (χ4v) is 3.09. The maximum atomic E-state index is 12.0. The number of thioether (sulfide) groups is 1. The number of ether oxygens (including phenoxy) is 1. The number of hydrogen-bond donors (Lipinski definition) is 1. The average molecular weight is 299 g/mol. The predicted molar refractivity (Wildman–Crippen MR) is 82.7 cm³/mol. The van der Waals surface area contributed by atoms with E-state index in [1.54, 1.807) is 18.7 Å². The average Bonchev–Trinajstić information content (AvgIpc) is 2.44. The summed E-state index contributed by atoms with van der Waals surface area (Å²) < 4.78 is 5.02. The smallest absolute Gasteiger partial charge is 0.329 e. The molecule has 1 saturated heterocycles. The summed E-state index contributed by atoms with van der Waals surface area (Å²) >= 11 is 1.69. The van der Waals surface area contributed by atoms with E-state index in [2.05, 4.69) is 11.9 Å². The lowest BCUT2D eigenvalue weighted by Gasteiger charge is -2.17. The molecule has 0 aromatic carbocycles. The van der Waals surface area contributed by atoms with Crippen molar-refractivity contribution in [2.75, 3.05) is 18.1 Å². The topological polar surface area (TPSA) is 55.4 Å². The van der Waals surface area contributed by atoms with E-state index in [1.165, 1.54) is 12.8 Å². The first-order valence-corrected chi connectivity index (χ1v) is 8.53. The van der Waals surface area contributed by atoms with Crippen molar-refractivity contribution in [3.8, 4) is 0 Å². The highest BCUT2D eigenvalue weighted by molar-refractivity contribution is 7.99. The van der Waals surface area contributed by atoms with Crippen LogP contribution in [0.2, 0.25) is 0 Å². The van der Waals surface area contributed by atoms with Gasteiger partial charge in [-0.05, 0) is 31.9 Å². The van der Waals surface area contributed by atoms with Crippen molar-refractivity contribution >= 4 is 23.6 Å². The molecule has 0 spiro atoms. The number of hydrogen-bond acceptors (Lipinski definition) is 4. The van der Waals surface area contributed by atoms with E-state index in [-0.39, 0.29) is 11.9 Å². The summed E-state index contributed by atoms with van der Waals surface area (Å²) in [4.78, 5) is 23.9. The minimum atomic E-state index is -0.565. The van der Waals surface area contributed by atoms with Crippen LogP contribution < -0.4 is 5.32 Å². The SMILES string of the molecule is C=C1CCCCCCCSC[C@@H](C(=O)OCC)NC1=O. The van der Waals surface area contributed by atoms with E-state index in [4.69, 9.17) is 4.74 Å². The third-order valence-electron chi connectivity index (χ3n) is 3.25. The highest BCUT2D eigenvalue weighted by atomic mass is 32.2. The summed E-state index contributed by atoms with van der Waals surface area (Å²) in [5, 5.41) is 2.76. The second kappa shape index (κ2) is 9.86. The molecule has 1 N–H and O–H groups in total. The molecule has 4 nitrogen and oxygen atoms in total. The maximum absolute atomic E-state index is 12.0. The fraction of sp³-hybridized carbons (Fsp3) is 0.733. The molecule has 0 bridgehead atoms. The van der Waals surface area contributed by atoms with Crippen molar-refractivity contribution < 1.29 is 14.3 Å². The van der Waals surface area contributed by atoms with Gasteiger partial charge in [0.05, 0.1) is 6.61 Å². The number of nitrogens with one attached hydrogen (secondary N) is 1. The summed E-state index contributed by atoms with van der Waals surface area (Å²) in [6, 6.07) is -0.565. The molecule has 0 unspecified atom stereocenters. The first kappa shape index (κ1) is 17.1. The van der Waals surface area contributed by atoms with Crippen LogP contribution in [-0.4, -0.2) is 36.0 Å². The third-order valence-corrected chi connectivity index (χ3v) is 4.40. The molecule has 1 aliphatic rings. The second-order valence-electron chi connectivity index (χ2n) is 4.97. The van der Waals surface area contributed by atoms with Gasteiger partial charge in [0.25, 0.3) is 0 Å². The first-order chi connectivity index (χ1) is 9.65. The zero-order valence-corrected chi connectivity index (χ0v) is 13.1. The molecule has 0 saturated carbocycles. The summed E-state index contributed by atoms with van der Waals surface area (Å²) in [7, 11) is 0. The zero-order valence-electron chi connectivity index (χ0n) is 12.3. The van der Waals surface area contributed by atoms with Crippen molar-refractivity contribution in [1.29, 1.82) is 0 Å². The van der Waals surface area contributed by atoms with Gasteiger partial charge in [0.2, 0.25) is 5.91 Å². The van der Waals surface area contributed by atoms with Gasteiger partial charge in [0.1, 0.15) is 6.04 Å². The van der Waals surface area contributed by atoms with Crippen LogP contribution in [0.3, 0.4) is 0 Å². The Labute approximate surface area is 125 Å². The minimum Gasteiger partial charge on any atom is -0.464 e. The molecular weight excluding hydrogens is 274 g/mol. The highest BCUT2D eigenvalue weighted by Crippen LogP contribution is 2.15.